The van der Waals surface area contributed by atoms with Gasteiger partial charge in [-0.1, -0.05) is 49.7 Å². The van der Waals surface area contributed by atoms with Crippen LogP contribution in [0.25, 0.3) is 0 Å². The number of nitrogens with zero attached hydrogens (tertiary/aromatic N) is 3. The number of benzene rings is 2. The van der Waals surface area contributed by atoms with Gasteiger partial charge in [0, 0.05) is 18.7 Å². The van der Waals surface area contributed by atoms with Crippen molar-refractivity contribution in [1.29, 1.82) is 0 Å². The molecule has 0 saturated heterocycles. The molecule has 0 atom stereocenters. The van der Waals surface area contributed by atoms with Gasteiger partial charge in [0.2, 0.25) is 15.0 Å². The van der Waals surface area contributed by atoms with Crippen molar-refractivity contribution in [2.24, 2.45) is 5.92 Å². The number of methoxy groups -OCH3 is 1. The molecule has 34 heavy (non-hydrogen) atoms. The van der Waals surface area contributed by atoms with Crippen molar-refractivity contribution in [3.05, 3.63) is 77.1 Å². The van der Waals surface area contributed by atoms with E-state index in [2.05, 4.69) is 4.98 Å². The highest BCUT2D eigenvalue weighted by Gasteiger charge is 2.26. The van der Waals surface area contributed by atoms with Gasteiger partial charge in [0.05, 0.1) is 31.3 Å². The van der Waals surface area contributed by atoms with E-state index in [1.165, 1.54) is 0 Å². The number of aryl methyl sites for hydroxylation is 1. The lowest BCUT2D eigenvalue weighted by Crippen LogP contribution is -2.31. The number of rotatable bonds is 10. The molecule has 0 saturated carbocycles. The predicted molar refractivity (Wildman–Crippen MR) is 133 cm³/mol. The molecule has 3 aromatic rings. The van der Waals surface area contributed by atoms with E-state index < -0.39 is 9.84 Å². The predicted octanol–water partition coefficient (Wildman–Crippen LogP) is 4.49. The number of sulfone groups is 1. The molecule has 7 nitrogen and oxygen atoms in total. The van der Waals surface area contributed by atoms with Gasteiger partial charge in [-0.15, -0.1) is 0 Å². The van der Waals surface area contributed by atoms with Crippen LogP contribution in [0, 0.1) is 12.8 Å². The summed E-state index contributed by atoms with van der Waals surface area (Å²) in [6.07, 6.45) is 1.58. The number of ether oxygens (including phenoxy) is 1. The molecular weight excluding hydrogens is 450 g/mol. The van der Waals surface area contributed by atoms with Crippen LogP contribution in [-0.4, -0.2) is 42.4 Å². The summed E-state index contributed by atoms with van der Waals surface area (Å²) < 4.78 is 33.7. The van der Waals surface area contributed by atoms with Crippen molar-refractivity contribution in [3.8, 4) is 5.75 Å². The summed E-state index contributed by atoms with van der Waals surface area (Å²) in [5.74, 6) is 0.535. The van der Waals surface area contributed by atoms with E-state index in [-0.39, 0.29) is 29.3 Å². The average molecular weight is 484 g/mol. The Labute approximate surface area is 202 Å². The maximum absolute atomic E-state index is 13.3. The molecule has 0 radical (unpaired) electrons. The topological polar surface area (TPSA) is 81.5 Å². The fourth-order valence-corrected chi connectivity index (χ4v) is 5.36. The minimum atomic E-state index is -3.68. The van der Waals surface area contributed by atoms with E-state index in [9.17, 15) is 13.2 Å². The molecule has 1 aromatic heterocycles. The van der Waals surface area contributed by atoms with Crippen LogP contribution in [0.1, 0.15) is 48.0 Å². The lowest BCUT2D eigenvalue weighted by molar-refractivity contribution is 0.0748. The zero-order valence-electron chi connectivity index (χ0n) is 20.5. The van der Waals surface area contributed by atoms with Gasteiger partial charge >= 0.3 is 0 Å². The van der Waals surface area contributed by atoms with Gasteiger partial charge < -0.3 is 14.2 Å². The van der Waals surface area contributed by atoms with Crippen molar-refractivity contribution in [2.45, 2.75) is 51.7 Å². The van der Waals surface area contributed by atoms with E-state index >= 15 is 0 Å². The second-order valence-electron chi connectivity index (χ2n) is 8.84. The van der Waals surface area contributed by atoms with Crippen LogP contribution in [0.4, 0.5) is 0 Å². The maximum Gasteiger partial charge on any atom is 0.254 e. The number of carbonyl (C=O) groups excluding carboxylic acids is 1. The van der Waals surface area contributed by atoms with E-state index in [0.29, 0.717) is 30.1 Å². The van der Waals surface area contributed by atoms with Crippen LogP contribution in [0.3, 0.4) is 0 Å². The zero-order chi connectivity index (χ0) is 24.9. The second kappa shape index (κ2) is 10.9. The summed E-state index contributed by atoms with van der Waals surface area (Å²) in [6.45, 7) is 9.10. The van der Waals surface area contributed by atoms with Gasteiger partial charge in [-0.3, -0.25) is 4.79 Å². The van der Waals surface area contributed by atoms with Crippen molar-refractivity contribution in [2.75, 3.05) is 13.7 Å². The Kier molecular flexibility index (Phi) is 8.15. The van der Waals surface area contributed by atoms with E-state index in [1.807, 2.05) is 52.0 Å². The normalized spacial score (nSPS) is 11.6. The third-order valence-corrected chi connectivity index (χ3v) is 7.10. The van der Waals surface area contributed by atoms with Crippen LogP contribution in [0.5, 0.6) is 5.75 Å². The van der Waals surface area contributed by atoms with Gasteiger partial charge in [-0.2, -0.15) is 0 Å². The molecule has 1 heterocycles. The first-order valence-electron chi connectivity index (χ1n) is 11.4. The largest absolute Gasteiger partial charge is 0.497 e. The maximum atomic E-state index is 13.3. The molecule has 0 spiro atoms. The van der Waals surface area contributed by atoms with Crippen LogP contribution < -0.4 is 4.74 Å². The van der Waals surface area contributed by atoms with Crippen molar-refractivity contribution >= 4 is 15.7 Å². The summed E-state index contributed by atoms with van der Waals surface area (Å²) in [5, 5.41) is 0.0441. The first kappa shape index (κ1) is 25.5. The first-order valence-corrected chi connectivity index (χ1v) is 13.1. The summed E-state index contributed by atoms with van der Waals surface area (Å²) in [6, 6.07) is 14.5. The minimum absolute atomic E-state index is 0.0441. The second-order valence-corrected chi connectivity index (χ2v) is 10.7. The van der Waals surface area contributed by atoms with Crippen molar-refractivity contribution < 1.29 is 17.9 Å². The number of carbonyl (C=O) groups is 1. The molecule has 8 heteroatoms. The molecule has 1 amide bonds. The molecule has 3 rings (SSSR count). The van der Waals surface area contributed by atoms with Crippen molar-refractivity contribution in [1.82, 2.24) is 14.5 Å². The SMILES string of the molecule is CCN(Cc1cnc(S(=O)(=O)Cc2cccc(C)c2)n1CC(C)C)C(=O)c1cccc(OC)c1. The van der Waals surface area contributed by atoms with Gasteiger partial charge in [0.15, 0.2) is 0 Å². The van der Waals surface area contributed by atoms with E-state index in [1.54, 1.807) is 47.0 Å². The molecule has 0 aliphatic heterocycles. The Morgan fingerprint density at radius 2 is 1.88 bits per heavy atom. The molecule has 0 fully saturated rings. The molecule has 0 N–H and O–H groups in total. The van der Waals surface area contributed by atoms with Gasteiger partial charge in [0.1, 0.15) is 5.75 Å². The number of hydrogen-bond acceptors (Lipinski definition) is 5. The summed E-state index contributed by atoms with van der Waals surface area (Å²) >= 11 is 0. The highest BCUT2D eigenvalue weighted by atomic mass is 32.2. The molecule has 0 unspecified atom stereocenters. The van der Waals surface area contributed by atoms with E-state index in [4.69, 9.17) is 4.74 Å². The lowest BCUT2D eigenvalue weighted by Gasteiger charge is -2.23. The standard InChI is InChI=1S/C26H33N3O4S/c1-6-28(25(30)22-11-8-12-24(14-22)33-5)17-23-15-27-26(29(23)16-19(2)3)34(31,32)18-21-10-7-9-20(4)13-21/h7-15,19H,6,16-18H2,1-5H3. The first-order chi connectivity index (χ1) is 16.1. The highest BCUT2D eigenvalue weighted by Crippen LogP contribution is 2.22. The molecule has 0 aliphatic rings. The van der Waals surface area contributed by atoms with Crippen LogP contribution in [-0.2, 0) is 28.7 Å². The summed E-state index contributed by atoms with van der Waals surface area (Å²) in [4.78, 5) is 19.2. The van der Waals surface area contributed by atoms with Crippen LogP contribution in [0.2, 0.25) is 0 Å². The molecule has 182 valence electrons. The Morgan fingerprint density at radius 1 is 1.15 bits per heavy atom. The average Bonchev–Trinajstić information content (AvgIpc) is 3.19. The third-order valence-electron chi connectivity index (χ3n) is 5.51. The minimum Gasteiger partial charge on any atom is -0.497 e. The molecule has 0 bridgehead atoms. The zero-order valence-corrected chi connectivity index (χ0v) is 21.3. The van der Waals surface area contributed by atoms with Gasteiger partial charge in [0.25, 0.3) is 5.91 Å². The van der Waals surface area contributed by atoms with Crippen LogP contribution in [0.15, 0.2) is 59.9 Å². The fourth-order valence-electron chi connectivity index (χ4n) is 3.87. The molecule has 0 aliphatic carbocycles. The van der Waals surface area contributed by atoms with Crippen molar-refractivity contribution in [3.63, 3.8) is 0 Å². The summed E-state index contributed by atoms with van der Waals surface area (Å²) in [5.41, 5.74) is 2.94. The lowest BCUT2D eigenvalue weighted by atomic mass is 10.2. The van der Waals surface area contributed by atoms with E-state index in [0.717, 1.165) is 11.1 Å². The Morgan fingerprint density at radius 3 is 2.53 bits per heavy atom. The number of imidazole rings is 1. The smallest absolute Gasteiger partial charge is 0.254 e. The Bertz CT molecular complexity index is 1250. The monoisotopic (exact) mass is 483 g/mol. The van der Waals surface area contributed by atoms with Gasteiger partial charge in [-0.25, -0.2) is 13.4 Å². The van der Waals surface area contributed by atoms with Gasteiger partial charge in [-0.05, 0) is 43.5 Å². The quantitative estimate of drug-likeness (QED) is 0.424. The molecular formula is C26H33N3O4S. The summed E-state index contributed by atoms with van der Waals surface area (Å²) in [7, 11) is -2.12. The fraction of sp³-hybridized carbons (Fsp3) is 0.385. The Balaban J connectivity index is 1.92. The highest BCUT2D eigenvalue weighted by molar-refractivity contribution is 7.90. The number of amides is 1. The number of aromatic nitrogens is 2. The molecule has 2 aromatic carbocycles. The number of hydrogen-bond donors (Lipinski definition) is 0. The van der Waals surface area contributed by atoms with Crippen LogP contribution >= 0.6 is 0 Å². The third kappa shape index (κ3) is 6.05. The Hall–Kier alpha value is -3.13.